The standard InChI is InChI=1S/C21H20FN3O2/c1-27-20-11-14(8-9-16(20)15-12-23-24-13-15)21(26)25-10-4-7-19(25)17-5-2-3-6-18(17)22/h2-3,5-6,8-9,11-13,19H,4,7,10H2,1H3,(H,23,24). The van der Waals surface area contributed by atoms with Crippen LogP contribution in [0.4, 0.5) is 4.39 Å². The minimum absolute atomic E-state index is 0.113. The number of likely N-dealkylation sites (tertiary alicyclic amines) is 1. The number of aromatic amines is 1. The van der Waals surface area contributed by atoms with Gasteiger partial charge in [0.05, 0.1) is 19.3 Å². The lowest BCUT2D eigenvalue weighted by Gasteiger charge is -2.26. The molecule has 1 aromatic heterocycles. The SMILES string of the molecule is COc1cc(C(=O)N2CCCC2c2ccccc2F)ccc1-c1cn[nH]c1. The van der Waals surface area contributed by atoms with Crippen LogP contribution in [0.3, 0.4) is 0 Å². The monoisotopic (exact) mass is 365 g/mol. The lowest BCUT2D eigenvalue weighted by Crippen LogP contribution is -2.31. The van der Waals surface area contributed by atoms with E-state index in [0.717, 1.165) is 24.0 Å². The molecule has 0 aliphatic carbocycles. The van der Waals surface area contributed by atoms with Crippen molar-refractivity contribution >= 4 is 5.91 Å². The quantitative estimate of drug-likeness (QED) is 0.754. The molecular weight excluding hydrogens is 345 g/mol. The average Bonchev–Trinajstić information content (AvgIpc) is 3.39. The minimum atomic E-state index is -0.268. The van der Waals surface area contributed by atoms with Gasteiger partial charge in [0.2, 0.25) is 0 Å². The second kappa shape index (κ2) is 7.23. The number of nitrogens with one attached hydrogen (secondary N) is 1. The van der Waals surface area contributed by atoms with Gasteiger partial charge >= 0.3 is 0 Å². The van der Waals surface area contributed by atoms with Crippen LogP contribution in [0.15, 0.2) is 54.9 Å². The lowest BCUT2D eigenvalue weighted by molar-refractivity contribution is 0.0733. The summed E-state index contributed by atoms with van der Waals surface area (Å²) in [7, 11) is 1.57. The summed E-state index contributed by atoms with van der Waals surface area (Å²) in [4.78, 5) is 14.9. The highest BCUT2D eigenvalue weighted by Gasteiger charge is 2.32. The number of rotatable bonds is 4. The molecule has 3 aromatic rings. The molecule has 1 N–H and O–H groups in total. The molecule has 1 amide bonds. The van der Waals surface area contributed by atoms with Crippen LogP contribution < -0.4 is 4.74 Å². The van der Waals surface area contributed by atoms with Crippen LogP contribution in [-0.2, 0) is 0 Å². The van der Waals surface area contributed by atoms with Gasteiger partial charge in [-0.3, -0.25) is 9.89 Å². The van der Waals surface area contributed by atoms with E-state index in [1.165, 1.54) is 6.07 Å². The Bertz CT molecular complexity index is 956. The van der Waals surface area contributed by atoms with E-state index >= 15 is 0 Å². The third-order valence-electron chi connectivity index (χ3n) is 5.04. The number of methoxy groups -OCH3 is 1. The molecule has 1 fully saturated rings. The Hall–Kier alpha value is -3.15. The van der Waals surface area contributed by atoms with Gasteiger partial charge in [-0.05, 0) is 37.1 Å². The van der Waals surface area contributed by atoms with Gasteiger partial charge in [-0.15, -0.1) is 0 Å². The molecule has 27 heavy (non-hydrogen) atoms. The summed E-state index contributed by atoms with van der Waals surface area (Å²) >= 11 is 0. The van der Waals surface area contributed by atoms with Crippen molar-refractivity contribution in [3.8, 4) is 16.9 Å². The summed E-state index contributed by atoms with van der Waals surface area (Å²) in [6, 6.07) is 11.8. The zero-order chi connectivity index (χ0) is 18.8. The number of ether oxygens (including phenoxy) is 1. The van der Waals surface area contributed by atoms with Gasteiger partial charge in [0, 0.05) is 35.0 Å². The Balaban J connectivity index is 1.65. The van der Waals surface area contributed by atoms with Crippen molar-refractivity contribution in [1.82, 2.24) is 15.1 Å². The molecule has 1 aliphatic rings. The summed E-state index contributed by atoms with van der Waals surface area (Å²) in [6.07, 6.45) is 5.09. The summed E-state index contributed by atoms with van der Waals surface area (Å²) in [6.45, 7) is 0.615. The van der Waals surface area contributed by atoms with Crippen molar-refractivity contribution in [2.75, 3.05) is 13.7 Å². The fourth-order valence-corrected chi connectivity index (χ4v) is 3.71. The number of H-pyrrole nitrogens is 1. The smallest absolute Gasteiger partial charge is 0.254 e. The number of halogens is 1. The molecule has 0 saturated carbocycles. The molecule has 1 aliphatic heterocycles. The van der Waals surface area contributed by atoms with Crippen LogP contribution in [0, 0.1) is 5.82 Å². The van der Waals surface area contributed by atoms with Crippen molar-refractivity contribution in [2.45, 2.75) is 18.9 Å². The molecule has 4 rings (SSSR count). The molecule has 5 nitrogen and oxygen atoms in total. The Morgan fingerprint density at radius 3 is 2.89 bits per heavy atom. The topological polar surface area (TPSA) is 58.2 Å². The highest BCUT2D eigenvalue weighted by atomic mass is 19.1. The molecular formula is C21H20FN3O2. The number of nitrogens with zero attached hydrogens (tertiary/aromatic N) is 2. The van der Waals surface area contributed by atoms with Gasteiger partial charge in [0.1, 0.15) is 11.6 Å². The van der Waals surface area contributed by atoms with Gasteiger partial charge < -0.3 is 9.64 Å². The summed E-state index contributed by atoms with van der Waals surface area (Å²) in [5, 5.41) is 6.73. The molecule has 2 aromatic carbocycles. The first kappa shape index (κ1) is 17.3. The van der Waals surface area contributed by atoms with Gasteiger partial charge in [0.15, 0.2) is 0 Å². The number of amides is 1. The fourth-order valence-electron chi connectivity index (χ4n) is 3.71. The number of aromatic nitrogens is 2. The first-order valence-electron chi connectivity index (χ1n) is 8.91. The van der Waals surface area contributed by atoms with Crippen molar-refractivity contribution in [1.29, 1.82) is 0 Å². The zero-order valence-corrected chi connectivity index (χ0v) is 15.0. The number of benzene rings is 2. The van der Waals surface area contributed by atoms with Gasteiger partial charge in [-0.25, -0.2) is 4.39 Å². The highest BCUT2D eigenvalue weighted by molar-refractivity contribution is 5.96. The third-order valence-corrected chi connectivity index (χ3v) is 5.04. The molecule has 138 valence electrons. The molecule has 1 saturated heterocycles. The van der Waals surface area contributed by atoms with Crippen molar-refractivity contribution in [2.24, 2.45) is 0 Å². The predicted molar refractivity (Wildman–Crippen MR) is 100.0 cm³/mol. The van der Waals surface area contributed by atoms with E-state index in [9.17, 15) is 9.18 Å². The van der Waals surface area contributed by atoms with Crippen LogP contribution in [0.25, 0.3) is 11.1 Å². The first-order valence-corrected chi connectivity index (χ1v) is 8.91. The molecule has 6 heteroatoms. The van der Waals surface area contributed by atoms with Crippen molar-refractivity contribution in [3.63, 3.8) is 0 Å². The molecule has 0 bridgehead atoms. The van der Waals surface area contributed by atoms with Gasteiger partial charge in [-0.1, -0.05) is 18.2 Å². The van der Waals surface area contributed by atoms with Crippen LogP contribution in [-0.4, -0.2) is 34.7 Å². The maximum absolute atomic E-state index is 14.2. The lowest BCUT2D eigenvalue weighted by atomic mass is 10.0. The molecule has 0 radical (unpaired) electrons. The van der Waals surface area contributed by atoms with E-state index < -0.39 is 0 Å². The van der Waals surface area contributed by atoms with E-state index in [0.29, 0.717) is 23.4 Å². The Morgan fingerprint density at radius 2 is 2.15 bits per heavy atom. The Morgan fingerprint density at radius 1 is 1.30 bits per heavy atom. The van der Waals surface area contributed by atoms with E-state index in [4.69, 9.17) is 4.74 Å². The number of hydrogen-bond donors (Lipinski definition) is 1. The molecule has 1 atom stereocenters. The van der Waals surface area contributed by atoms with Crippen LogP contribution >= 0.6 is 0 Å². The summed E-state index contributed by atoms with van der Waals surface area (Å²) in [5.74, 6) is 0.219. The normalized spacial score (nSPS) is 16.5. The van der Waals surface area contributed by atoms with Crippen molar-refractivity contribution < 1.29 is 13.9 Å². The maximum Gasteiger partial charge on any atom is 0.254 e. The van der Waals surface area contributed by atoms with Gasteiger partial charge in [0.25, 0.3) is 5.91 Å². The van der Waals surface area contributed by atoms with E-state index in [1.54, 1.807) is 48.7 Å². The predicted octanol–water partition coefficient (Wildman–Crippen LogP) is 4.20. The number of carbonyl (C=O) groups is 1. The highest BCUT2D eigenvalue weighted by Crippen LogP contribution is 2.36. The maximum atomic E-state index is 14.2. The van der Waals surface area contributed by atoms with E-state index in [-0.39, 0.29) is 17.8 Å². The van der Waals surface area contributed by atoms with Crippen LogP contribution in [0.5, 0.6) is 5.75 Å². The van der Waals surface area contributed by atoms with Crippen LogP contribution in [0.1, 0.15) is 34.8 Å². The molecule has 2 heterocycles. The molecule has 0 spiro atoms. The average molecular weight is 365 g/mol. The zero-order valence-electron chi connectivity index (χ0n) is 15.0. The second-order valence-electron chi connectivity index (χ2n) is 6.58. The number of carbonyl (C=O) groups excluding carboxylic acids is 1. The molecule has 1 unspecified atom stereocenters. The van der Waals surface area contributed by atoms with Crippen molar-refractivity contribution in [3.05, 3.63) is 71.8 Å². The fraction of sp³-hybridized carbons (Fsp3) is 0.238. The first-order chi connectivity index (χ1) is 13.2. The Labute approximate surface area is 156 Å². The van der Waals surface area contributed by atoms with E-state index in [1.807, 2.05) is 12.1 Å². The van der Waals surface area contributed by atoms with Gasteiger partial charge in [-0.2, -0.15) is 5.10 Å². The summed E-state index contributed by atoms with van der Waals surface area (Å²) < 4.78 is 19.7. The third kappa shape index (κ3) is 3.18. The second-order valence-corrected chi connectivity index (χ2v) is 6.58. The minimum Gasteiger partial charge on any atom is -0.496 e. The van der Waals surface area contributed by atoms with Crippen LogP contribution in [0.2, 0.25) is 0 Å². The Kier molecular flexibility index (Phi) is 4.62. The largest absolute Gasteiger partial charge is 0.496 e. The summed E-state index contributed by atoms with van der Waals surface area (Å²) in [5.41, 5.74) is 2.85. The number of hydrogen-bond acceptors (Lipinski definition) is 3. The van der Waals surface area contributed by atoms with E-state index in [2.05, 4.69) is 10.2 Å².